The van der Waals surface area contributed by atoms with Gasteiger partial charge in [0.25, 0.3) is 0 Å². The standard InChI is InChI=1S/C24H31N9O4/c34-20(32-8-3-4-9-32)14-33-10-2-1-5-17(22(33)36)28-23(30-21(35)19-13-25-24(37)29-19)27-16-7-6-15-12-26-31-18(15)11-16/h6-7,11-13,17,21,35H,1-5,8-10,14H2,(H,26,31)(H2,25,29,37)(H2,27,28,30)/t17-,21?/m0/s1. The predicted octanol–water partition coefficient (Wildman–Crippen LogP) is 0.631. The van der Waals surface area contributed by atoms with E-state index in [-0.39, 0.29) is 30.0 Å². The highest BCUT2D eigenvalue weighted by atomic mass is 16.3. The van der Waals surface area contributed by atoms with Crippen LogP contribution in [0.1, 0.15) is 44.0 Å². The van der Waals surface area contributed by atoms with Gasteiger partial charge < -0.3 is 35.5 Å². The van der Waals surface area contributed by atoms with E-state index in [0.29, 0.717) is 18.7 Å². The summed E-state index contributed by atoms with van der Waals surface area (Å²) in [7, 11) is 0. The van der Waals surface area contributed by atoms with Crippen molar-refractivity contribution in [3.05, 3.63) is 46.8 Å². The Morgan fingerprint density at radius 2 is 2.00 bits per heavy atom. The number of likely N-dealkylation sites (tertiary alicyclic amines) is 2. The molecule has 2 saturated heterocycles. The van der Waals surface area contributed by atoms with E-state index in [2.05, 4.69) is 35.8 Å². The number of carbonyl (C=O) groups is 2. The fourth-order valence-corrected chi connectivity index (χ4v) is 4.71. The van der Waals surface area contributed by atoms with Crippen LogP contribution < -0.4 is 16.3 Å². The lowest BCUT2D eigenvalue weighted by Crippen LogP contribution is -2.45. The number of aromatic nitrogens is 4. The van der Waals surface area contributed by atoms with Crippen molar-refractivity contribution in [1.82, 2.24) is 35.3 Å². The lowest BCUT2D eigenvalue weighted by molar-refractivity contribution is -0.140. The number of hydrogen-bond acceptors (Lipinski definition) is 6. The minimum absolute atomic E-state index is 0.0355. The molecule has 13 heteroatoms. The molecule has 196 valence electrons. The maximum absolute atomic E-state index is 13.4. The molecule has 2 aliphatic heterocycles. The number of rotatable bonds is 6. The van der Waals surface area contributed by atoms with Gasteiger partial charge in [-0.15, -0.1) is 0 Å². The number of aliphatic hydroxyl groups is 1. The molecule has 2 aliphatic rings. The molecule has 0 spiro atoms. The van der Waals surface area contributed by atoms with Gasteiger partial charge in [0.05, 0.1) is 24.0 Å². The van der Waals surface area contributed by atoms with Crippen molar-refractivity contribution in [2.75, 3.05) is 31.5 Å². The summed E-state index contributed by atoms with van der Waals surface area (Å²) in [5, 5.41) is 24.5. The number of anilines is 1. The Hall–Kier alpha value is -4.13. The maximum atomic E-state index is 13.4. The first-order valence-corrected chi connectivity index (χ1v) is 12.5. The maximum Gasteiger partial charge on any atom is 0.323 e. The van der Waals surface area contributed by atoms with Crippen LogP contribution in [0.25, 0.3) is 10.9 Å². The molecule has 0 saturated carbocycles. The first-order valence-electron chi connectivity index (χ1n) is 12.5. The largest absolute Gasteiger partial charge is 0.368 e. The molecule has 2 fully saturated rings. The van der Waals surface area contributed by atoms with Crippen molar-refractivity contribution in [2.24, 2.45) is 4.99 Å². The number of hydrogen-bond donors (Lipinski definition) is 6. The van der Waals surface area contributed by atoms with E-state index in [1.54, 1.807) is 11.1 Å². The molecule has 1 aromatic carbocycles. The van der Waals surface area contributed by atoms with Crippen LogP contribution in [0.4, 0.5) is 5.69 Å². The van der Waals surface area contributed by atoms with Gasteiger partial charge in [-0.3, -0.25) is 14.7 Å². The quantitative estimate of drug-likeness (QED) is 0.160. The van der Waals surface area contributed by atoms with Crippen LogP contribution in [0.2, 0.25) is 0 Å². The van der Waals surface area contributed by atoms with Crippen molar-refractivity contribution in [2.45, 2.75) is 44.4 Å². The third-order valence-corrected chi connectivity index (χ3v) is 6.71. The van der Waals surface area contributed by atoms with Crippen LogP contribution in [0.15, 0.2) is 40.4 Å². The van der Waals surface area contributed by atoms with Gasteiger partial charge >= 0.3 is 5.69 Å². The summed E-state index contributed by atoms with van der Waals surface area (Å²) in [6.45, 7) is 2.02. The van der Waals surface area contributed by atoms with Crippen molar-refractivity contribution in [3.8, 4) is 0 Å². The summed E-state index contributed by atoms with van der Waals surface area (Å²) in [5.74, 6) is -0.106. The minimum atomic E-state index is -1.30. The Balaban J connectivity index is 1.38. The second-order valence-corrected chi connectivity index (χ2v) is 9.38. The van der Waals surface area contributed by atoms with Gasteiger partial charge in [-0.05, 0) is 50.3 Å². The number of amides is 2. The topological polar surface area (TPSA) is 175 Å². The number of nitrogens with zero attached hydrogens (tertiary/aromatic N) is 4. The van der Waals surface area contributed by atoms with Gasteiger partial charge in [-0.25, -0.2) is 9.79 Å². The van der Waals surface area contributed by atoms with Gasteiger partial charge in [-0.2, -0.15) is 5.10 Å². The third kappa shape index (κ3) is 5.82. The average Bonchev–Trinajstić information content (AvgIpc) is 3.64. The molecule has 4 heterocycles. The minimum Gasteiger partial charge on any atom is -0.368 e. The van der Waals surface area contributed by atoms with Gasteiger partial charge in [-0.1, -0.05) is 0 Å². The summed E-state index contributed by atoms with van der Waals surface area (Å²) in [6.07, 6.45) is 5.82. The monoisotopic (exact) mass is 509 g/mol. The number of aliphatic hydroxyl groups excluding tert-OH is 1. The van der Waals surface area contributed by atoms with Crippen molar-refractivity contribution < 1.29 is 14.7 Å². The van der Waals surface area contributed by atoms with Crippen LogP contribution in [0.3, 0.4) is 0 Å². The number of benzene rings is 1. The summed E-state index contributed by atoms with van der Waals surface area (Å²) in [4.78, 5) is 50.7. The van der Waals surface area contributed by atoms with Gasteiger partial charge in [0.15, 0.2) is 12.2 Å². The molecule has 3 aromatic rings. The van der Waals surface area contributed by atoms with Crippen LogP contribution in [0, 0.1) is 0 Å². The van der Waals surface area contributed by atoms with Crippen LogP contribution in [-0.4, -0.2) is 85.1 Å². The van der Waals surface area contributed by atoms with Crippen LogP contribution >= 0.6 is 0 Å². The van der Waals surface area contributed by atoms with Gasteiger partial charge in [0.2, 0.25) is 11.8 Å². The summed E-state index contributed by atoms with van der Waals surface area (Å²) in [5.41, 5.74) is 1.22. The predicted molar refractivity (Wildman–Crippen MR) is 137 cm³/mol. The summed E-state index contributed by atoms with van der Waals surface area (Å²) >= 11 is 0. The van der Waals surface area contributed by atoms with E-state index in [1.807, 2.05) is 23.1 Å². The number of fused-ring (bicyclic) bond motifs is 1. The number of nitrogens with one attached hydrogen (secondary N) is 5. The number of guanidine groups is 1. The molecule has 0 aliphatic carbocycles. The lowest BCUT2D eigenvalue weighted by Gasteiger charge is -2.25. The fourth-order valence-electron chi connectivity index (χ4n) is 4.71. The first kappa shape index (κ1) is 24.6. The third-order valence-electron chi connectivity index (χ3n) is 6.71. The van der Waals surface area contributed by atoms with E-state index >= 15 is 0 Å². The number of imidazole rings is 1. The molecule has 0 radical (unpaired) electrons. The molecular formula is C24H31N9O4. The highest BCUT2D eigenvalue weighted by Crippen LogP contribution is 2.19. The number of carbonyl (C=O) groups excluding carboxylic acids is 2. The zero-order valence-corrected chi connectivity index (χ0v) is 20.4. The average molecular weight is 510 g/mol. The molecule has 2 amide bonds. The van der Waals surface area contributed by atoms with Crippen LogP contribution in [0.5, 0.6) is 0 Å². The molecule has 2 aromatic heterocycles. The summed E-state index contributed by atoms with van der Waals surface area (Å²) in [6, 6.07) is 4.80. The molecule has 37 heavy (non-hydrogen) atoms. The fraction of sp³-hybridized carbons (Fsp3) is 0.458. The zero-order valence-electron chi connectivity index (χ0n) is 20.4. The Labute approximate surface area is 212 Å². The van der Waals surface area contributed by atoms with E-state index in [1.165, 1.54) is 6.20 Å². The second-order valence-electron chi connectivity index (χ2n) is 9.38. The van der Waals surface area contributed by atoms with E-state index in [4.69, 9.17) is 0 Å². The van der Waals surface area contributed by atoms with E-state index in [0.717, 1.165) is 49.7 Å². The molecule has 1 unspecified atom stereocenters. The zero-order chi connectivity index (χ0) is 25.8. The van der Waals surface area contributed by atoms with E-state index < -0.39 is 18.0 Å². The molecular weight excluding hydrogens is 478 g/mol. The number of H-pyrrole nitrogens is 3. The Morgan fingerprint density at radius 3 is 2.78 bits per heavy atom. The Kier molecular flexibility index (Phi) is 7.21. The normalized spacial score (nSPS) is 19.8. The summed E-state index contributed by atoms with van der Waals surface area (Å²) < 4.78 is 0. The molecule has 2 atom stereocenters. The van der Waals surface area contributed by atoms with Gasteiger partial charge in [0.1, 0.15) is 6.04 Å². The van der Waals surface area contributed by atoms with Gasteiger partial charge in [0, 0.05) is 36.9 Å². The van der Waals surface area contributed by atoms with Crippen LogP contribution in [-0.2, 0) is 9.59 Å². The van der Waals surface area contributed by atoms with Crippen molar-refractivity contribution in [1.29, 1.82) is 0 Å². The molecule has 13 nitrogen and oxygen atoms in total. The second kappa shape index (κ2) is 10.9. The highest BCUT2D eigenvalue weighted by Gasteiger charge is 2.30. The lowest BCUT2D eigenvalue weighted by atomic mass is 10.1. The smallest absolute Gasteiger partial charge is 0.323 e. The van der Waals surface area contributed by atoms with Crippen molar-refractivity contribution >= 4 is 34.4 Å². The molecule has 5 rings (SSSR count). The van der Waals surface area contributed by atoms with E-state index in [9.17, 15) is 19.5 Å². The Morgan fingerprint density at radius 1 is 1.19 bits per heavy atom. The SMILES string of the molecule is O=C(CN1CCCC[C@H](N=C(Nc2ccc3cn[nH]c3c2)NC(O)c2c[nH]c(=O)[nH]2)C1=O)N1CCCC1. The molecule has 0 bridgehead atoms. The number of aliphatic imine (C=N–C) groups is 1. The first-order chi connectivity index (χ1) is 18.0. The number of aromatic amines is 3. The van der Waals surface area contributed by atoms with Crippen molar-refractivity contribution in [3.63, 3.8) is 0 Å². The Bertz CT molecular complexity index is 1340. The highest BCUT2D eigenvalue weighted by molar-refractivity contribution is 5.98. The molecule has 6 N–H and O–H groups in total.